The number of hydrogen-bond acceptors (Lipinski definition) is 7. The van der Waals surface area contributed by atoms with Crippen molar-refractivity contribution in [2.45, 2.75) is 96.8 Å². The Morgan fingerprint density at radius 3 is 2.56 bits per heavy atom. The van der Waals surface area contributed by atoms with Crippen molar-refractivity contribution in [3.63, 3.8) is 0 Å². The van der Waals surface area contributed by atoms with Crippen LogP contribution in [0.2, 0.25) is 0 Å². The summed E-state index contributed by atoms with van der Waals surface area (Å²) in [7, 11) is 1.32. The minimum Gasteiger partial charge on any atom is -0.469 e. The molecule has 0 spiro atoms. The fraction of sp³-hybridized carbons (Fsp3) is 0.621. The number of nitrogens with two attached hydrogens (primary N) is 2. The van der Waals surface area contributed by atoms with Gasteiger partial charge in [-0.25, -0.2) is 0 Å². The molecule has 0 radical (unpaired) electrons. The van der Waals surface area contributed by atoms with E-state index in [1.165, 1.54) is 12.7 Å². The summed E-state index contributed by atoms with van der Waals surface area (Å²) in [6.07, 6.45) is 15.9. The number of ether oxygens (including phenoxy) is 2. The molecule has 1 aliphatic rings. The number of esters is 1. The van der Waals surface area contributed by atoms with Gasteiger partial charge in [0.05, 0.1) is 37.9 Å². The van der Waals surface area contributed by atoms with Crippen molar-refractivity contribution in [1.82, 2.24) is 0 Å². The molecule has 6 N–H and O–H groups in total. The summed E-state index contributed by atoms with van der Waals surface area (Å²) < 4.78 is 10.7. The molecule has 0 aromatic heterocycles. The van der Waals surface area contributed by atoms with E-state index >= 15 is 0 Å². The smallest absolute Gasteiger partial charge is 0.307 e. The SMILES string of the molecule is C/C=C/[C@@H]1O[C@H]([C@@H](N)/C=C/C=C(\C)C[C@@H](C)/C=C(C)\C=C\[C@H](O)C[C@H](N)CC(=O)OC)C[C@H](O)[C@@H]1C. The number of methoxy groups -OCH3 is 1. The summed E-state index contributed by atoms with van der Waals surface area (Å²) in [6, 6.07) is -0.733. The summed E-state index contributed by atoms with van der Waals surface area (Å²) in [6.45, 7) is 10.2. The minimum absolute atomic E-state index is 0.0519. The second kappa shape index (κ2) is 16.7. The van der Waals surface area contributed by atoms with Gasteiger partial charge in [-0.05, 0) is 39.5 Å². The summed E-state index contributed by atoms with van der Waals surface area (Å²) in [5.41, 5.74) is 14.5. The monoisotopic (exact) mass is 504 g/mol. The molecule has 7 nitrogen and oxygen atoms in total. The van der Waals surface area contributed by atoms with Crippen molar-refractivity contribution in [2.24, 2.45) is 23.3 Å². The van der Waals surface area contributed by atoms with E-state index < -0.39 is 18.2 Å². The molecule has 0 unspecified atom stereocenters. The zero-order valence-corrected chi connectivity index (χ0v) is 22.8. The summed E-state index contributed by atoms with van der Waals surface area (Å²) in [5.74, 6) is -0.0137. The van der Waals surface area contributed by atoms with Gasteiger partial charge in [0.25, 0.3) is 0 Å². The van der Waals surface area contributed by atoms with Gasteiger partial charge in [0.2, 0.25) is 0 Å². The van der Waals surface area contributed by atoms with Gasteiger partial charge in [0, 0.05) is 24.4 Å². The highest BCUT2D eigenvalue weighted by molar-refractivity contribution is 5.69. The van der Waals surface area contributed by atoms with Crippen LogP contribution in [0.1, 0.15) is 60.3 Å². The molecule has 1 fully saturated rings. The lowest BCUT2D eigenvalue weighted by molar-refractivity contribution is -0.141. The van der Waals surface area contributed by atoms with E-state index in [2.05, 4.69) is 30.7 Å². The molecule has 0 bridgehead atoms. The van der Waals surface area contributed by atoms with Gasteiger partial charge in [0.1, 0.15) is 0 Å². The van der Waals surface area contributed by atoms with E-state index in [1.54, 1.807) is 6.08 Å². The van der Waals surface area contributed by atoms with Gasteiger partial charge in [-0.15, -0.1) is 0 Å². The standard InChI is InChI=1S/C29H48N2O5/c1-7-9-27-22(5)26(33)18-28(36-27)25(31)11-8-10-19(2)14-21(4)15-20(3)12-13-24(32)16-23(30)17-29(34)35-6/h7-13,15,21-28,32-33H,14,16-18,30-31H2,1-6H3/b9-7+,11-8+,13-12+,19-10+,20-15-/t21-,22+,23+,24+,25+,26+,27+,28+/m1/s1. The summed E-state index contributed by atoms with van der Waals surface area (Å²) in [5, 5.41) is 20.5. The van der Waals surface area contributed by atoms with Crippen LogP contribution in [0, 0.1) is 11.8 Å². The van der Waals surface area contributed by atoms with Crippen LogP contribution in [0.5, 0.6) is 0 Å². The maximum Gasteiger partial charge on any atom is 0.307 e. The highest BCUT2D eigenvalue weighted by atomic mass is 16.5. The van der Waals surface area contributed by atoms with Crippen molar-refractivity contribution in [1.29, 1.82) is 0 Å². The molecule has 0 aromatic rings. The summed E-state index contributed by atoms with van der Waals surface area (Å²) in [4.78, 5) is 11.3. The van der Waals surface area contributed by atoms with E-state index in [9.17, 15) is 15.0 Å². The molecule has 36 heavy (non-hydrogen) atoms. The molecule has 1 rings (SSSR count). The maximum atomic E-state index is 11.3. The first-order valence-electron chi connectivity index (χ1n) is 12.9. The fourth-order valence-corrected chi connectivity index (χ4v) is 4.35. The van der Waals surface area contributed by atoms with Crippen LogP contribution in [-0.2, 0) is 14.3 Å². The number of carbonyl (C=O) groups is 1. The molecule has 0 aliphatic carbocycles. The molecule has 8 atom stereocenters. The van der Waals surface area contributed by atoms with Crippen LogP contribution < -0.4 is 11.5 Å². The quantitative estimate of drug-likeness (QED) is 0.171. The molecule has 1 heterocycles. The summed E-state index contributed by atoms with van der Waals surface area (Å²) >= 11 is 0. The van der Waals surface area contributed by atoms with Crippen molar-refractivity contribution < 1.29 is 24.5 Å². The average molecular weight is 505 g/mol. The lowest BCUT2D eigenvalue weighted by Gasteiger charge is -2.38. The molecule has 0 saturated carbocycles. The first-order valence-corrected chi connectivity index (χ1v) is 12.9. The van der Waals surface area contributed by atoms with Gasteiger partial charge < -0.3 is 31.2 Å². The number of carbonyl (C=O) groups excluding carboxylic acids is 1. The van der Waals surface area contributed by atoms with E-state index in [0.717, 1.165) is 12.0 Å². The lowest BCUT2D eigenvalue weighted by atomic mass is 9.88. The van der Waals surface area contributed by atoms with Gasteiger partial charge >= 0.3 is 5.97 Å². The topological polar surface area (TPSA) is 128 Å². The maximum absolute atomic E-state index is 11.3. The van der Waals surface area contributed by atoms with Crippen molar-refractivity contribution >= 4 is 5.97 Å². The molecule has 204 valence electrons. The molecule has 7 heteroatoms. The largest absolute Gasteiger partial charge is 0.469 e. The molecule has 0 amide bonds. The Hall–Kier alpha value is -2.03. The van der Waals surface area contributed by atoms with Crippen LogP contribution in [-0.4, -0.2) is 59.8 Å². The molecular weight excluding hydrogens is 456 g/mol. The van der Waals surface area contributed by atoms with Crippen LogP contribution >= 0.6 is 0 Å². The Labute approximate surface area is 217 Å². The van der Waals surface area contributed by atoms with Crippen LogP contribution in [0.3, 0.4) is 0 Å². The Morgan fingerprint density at radius 2 is 1.92 bits per heavy atom. The molecular formula is C29H48N2O5. The highest BCUT2D eigenvalue weighted by Crippen LogP contribution is 2.28. The molecule has 0 aromatic carbocycles. The fourth-order valence-electron chi connectivity index (χ4n) is 4.35. The van der Waals surface area contributed by atoms with Crippen molar-refractivity contribution in [3.8, 4) is 0 Å². The first-order chi connectivity index (χ1) is 17.0. The number of aliphatic hydroxyl groups is 2. The number of aliphatic hydroxyl groups excluding tert-OH is 2. The second-order valence-electron chi connectivity index (χ2n) is 10.1. The number of hydrogen-bond donors (Lipinski definition) is 4. The third-order valence-electron chi connectivity index (χ3n) is 6.43. The first kappa shape index (κ1) is 32.0. The second-order valence-corrected chi connectivity index (χ2v) is 10.1. The Bertz CT molecular complexity index is 816. The van der Waals surface area contributed by atoms with Crippen LogP contribution in [0.4, 0.5) is 0 Å². The van der Waals surface area contributed by atoms with Gasteiger partial charge in [-0.2, -0.15) is 0 Å². The Kier molecular flexibility index (Phi) is 14.8. The van der Waals surface area contributed by atoms with E-state index in [-0.39, 0.29) is 36.6 Å². The third kappa shape index (κ3) is 12.3. The number of rotatable bonds is 13. The van der Waals surface area contributed by atoms with Crippen molar-refractivity contribution in [3.05, 3.63) is 59.8 Å². The Balaban J connectivity index is 2.56. The minimum atomic E-state index is -0.718. The highest BCUT2D eigenvalue weighted by Gasteiger charge is 2.35. The van der Waals surface area contributed by atoms with E-state index in [1.807, 2.05) is 51.2 Å². The molecule has 1 aliphatic heterocycles. The average Bonchev–Trinajstić information content (AvgIpc) is 2.80. The lowest BCUT2D eigenvalue weighted by Crippen LogP contribution is -2.48. The molecule has 1 saturated heterocycles. The van der Waals surface area contributed by atoms with Crippen LogP contribution in [0.25, 0.3) is 0 Å². The zero-order valence-electron chi connectivity index (χ0n) is 22.8. The zero-order chi connectivity index (χ0) is 27.3. The Morgan fingerprint density at radius 1 is 1.22 bits per heavy atom. The normalized spacial score (nSPS) is 27.5. The van der Waals surface area contributed by atoms with Gasteiger partial charge in [-0.3, -0.25) is 4.79 Å². The predicted molar refractivity (Wildman–Crippen MR) is 146 cm³/mol. The predicted octanol–water partition coefficient (Wildman–Crippen LogP) is 3.72. The van der Waals surface area contributed by atoms with Crippen LogP contribution in [0.15, 0.2) is 59.8 Å². The van der Waals surface area contributed by atoms with Gasteiger partial charge in [0.15, 0.2) is 0 Å². The van der Waals surface area contributed by atoms with E-state index in [4.69, 9.17) is 16.2 Å². The van der Waals surface area contributed by atoms with Gasteiger partial charge in [-0.1, -0.05) is 73.6 Å². The van der Waals surface area contributed by atoms with E-state index in [0.29, 0.717) is 18.8 Å². The third-order valence-corrected chi connectivity index (χ3v) is 6.43. The number of allylic oxidation sites excluding steroid dienone is 7. The van der Waals surface area contributed by atoms with Crippen molar-refractivity contribution in [2.75, 3.05) is 7.11 Å².